The summed E-state index contributed by atoms with van der Waals surface area (Å²) < 4.78 is 6.30. The molecule has 4 heteroatoms. The van der Waals surface area contributed by atoms with Crippen LogP contribution in [0, 0.1) is 0 Å². The summed E-state index contributed by atoms with van der Waals surface area (Å²) in [5, 5.41) is 3.43. The molecule has 3 rings (SSSR count). The van der Waals surface area contributed by atoms with Gasteiger partial charge in [-0.25, -0.2) is 0 Å². The highest BCUT2D eigenvalue weighted by Crippen LogP contribution is 2.36. The van der Waals surface area contributed by atoms with Gasteiger partial charge in [0.15, 0.2) is 0 Å². The molecule has 0 saturated carbocycles. The standard InChI is InChI=1S/C15H15BrN2O/c1-19-13-5-3-12(4-6-13)18-9-8-17-14-10-11(16)2-7-15(14)18/h2-7,10,17H,8-9H2,1H3. The number of fused-ring (bicyclic) bond motifs is 1. The van der Waals surface area contributed by atoms with Crippen LogP contribution >= 0.6 is 15.9 Å². The molecule has 0 unspecified atom stereocenters. The molecule has 98 valence electrons. The molecule has 1 aliphatic rings. The number of hydrogen-bond donors (Lipinski definition) is 1. The quantitative estimate of drug-likeness (QED) is 0.905. The lowest BCUT2D eigenvalue weighted by Gasteiger charge is -2.32. The fourth-order valence-electron chi connectivity index (χ4n) is 2.34. The maximum Gasteiger partial charge on any atom is 0.119 e. The average molecular weight is 319 g/mol. The van der Waals surface area contributed by atoms with Crippen LogP contribution in [0.3, 0.4) is 0 Å². The van der Waals surface area contributed by atoms with Gasteiger partial charge < -0.3 is 15.0 Å². The van der Waals surface area contributed by atoms with Gasteiger partial charge >= 0.3 is 0 Å². The van der Waals surface area contributed by atoms with E-state index in [4.69, 9.17) is 4.74 Å². The Morgan fingerprint density at radius 1 is 1.16 bits per heavy atom. The molecule has 1 N–H and O–H groups in total. The molecule has 2 aromatic carbocycles. The minimum Gasteiger partial charge on any atom is -0.497 e. The van der Waals surface area contributed by atoms with Gasteiger partial charge in [-0.15, -0.1) is 0 Å². The maximum absolute atomic E-state index is 5.20. The van der Waals surface area contributed by atoms with E-state index in [0.717, 1.165) is 29.0 Å². The van der Waals surface area contributed by atoms with Crippen LogP contribution in [0.15, 0.2) is 46.9 Å². The Labute approximate surface area is 121 Å². The molecule has 1 aliphatic heterocycles. The maximum atomic E-state index is 5.20. The fourth-order valence-corrected chi connectivity index (χ4v) is 2.70. The summed E-state index contributed by atoms with van der Waals surface area (Å²) in [6.45, 7) is 1.90. The summed E-state index contributed by atoms with van der Waals surface area (Å²) in [7, 11) is 1.69. The summed E-state index contributed by atoms with van der Waals surface area (Å²) in [5.41, 5.74) is 3.56. The van der Waals surface area contributed by atoms with Gasteiger partial charge in [0.1, 0.15) is 5.75 Å². The van der Waals surface area contributed by atoms with Gasteiger partial charge in [0, 0.05) is 23.2 Å². The number of hydrogen-bond acceptors (Lipinski definition) is 3. The molecule has 0 bridgehead atoms. The van der Waals surface area contributed by atoms with Gasteiger partial charge in [0.25, 0.3) is 0 Å². The Hall–Kier alpha value is -1.68. The molecule has 0 atom stereocenters. The number of methoxy groups -OCH3 is 1. The van der Waals surface area contributed by atoms with Gasteiger partial charge in [-0.1, -0.05) is 15.9 Å². The number of ether oxygens (including phenoxy) is 1. The monoisotopic (exact) mass is 318 g/mol. The van der Waals surface area contributed by atoms with Crippen molar-refractivity contribution in [2.45, 2.75) is 0 Å². The molecule has 19 heavy (non-hydrogen) atoms. The Morgan fingerprint density at radius 3 is 2.68 bits per heavy atom. The van der Waals surface area contributed by atoms with Crippen LogP contribution in [0.4, 0.5) is 17.1 Å². The van der Waals surface area contributed by atoms with Gasteiger partial charge in [0.2, 0.25) is 0 Å². The molecule has 3 nitrogen and oxygen atoms in total. The van der Waals surface area contributed by atoms with Crippen molar-refractivity contribution in [2.24, 2.45) is 0 Å². The Balaban J connectivity index is 1.98. The van der Waals surface area contributed by atoms with E-state index >= 15 is 0 Å². The number of anilines is 3. The lowest BCUT2D eigenvalue weighted by molar-refractivity contribution is 0.415. The number of halogens is 1. The minimum atomic E-state index is 0.884. The van der Waals surface area contributed by atoms with E-state index in [1.165, 1.54) is 11.4 Å². The summed E-state index contributed by atoms with van der Waals surface area (Å²) >= 11 is 3.51. The molecule has 0 radical (unpaired) electrons. The topological polar surface area (TPSA) is 24.5 Å². The zero-order valence-corrected chi connectivity index (χ0v) is 12.3. The van der Waals surface area contributed by atoms with E-state index in [0.29, 0.717) is 0 Å². The minimum absolute atomic E-state index is 0.884. The Morgan fingerprint density at radius 2 is 1.95 bits per heavy atom. The van der Waals surface area contributed by atoms with E-state index in [9.17, 15) is 0 Å². The smallest absolute Gasteiger partial charge is 0.119 e. The third kappa shape index (κ3) is 2.40. The molecule has 1 heterocycles. The lowest BCUT2D eigenvalue weighted by Crippen LogP contribution is -2.29. The number of nitrogens with one attached hydrogen (secondary N) is 1. The Kier molecular flexibility index (Phi) is 3.34. The van der Waals surface area contributed by atoms with Crippen LogP contribution in [0.2, 0.25) is 0 Å². The molecule has 0 saturated heterocycles. The normalized spacial score (nSPS) is 13.7. The lowest BCUT2D eigenvalue weighted by atomic mass is 10.1. The summed E-state index contributed by atoms with van der Waals surface area (Å²) in [6.07, 6.45) is 0. The molecule has 0 amide bonds. The average Bonchev–Trinajstić information content (AvgIpc) is 2.46. The molecule has 0 fully saturated rings. The van der Waals surface area contributed by atoms with Crippen LogP contribution in [0.5, 0.6) is 5.75 Å². The van der Waals surface area contributed by atoms with E-state index in [1.807, 2.05) is 12.1 Å². The van der Waals surface area contributed by atoms with Crippen LogP contribution < -0.4 is 15.0 Å². The molecular weight excluding hydrogens is 304 g/mol. The molecule has 2 aromatic rings. The van der Waals surface area contributed by atoms with Crippen LogP contribution in [0.1, 0.15) is 0 Å². The number of rotatable bonds is 2. The van der Waals surface area contributed by atoms with Crippen molar-refractivity contribution in [3.05, 3.63) is 46.9 Å². The second-order valence-electron chi connectivity index (χ2n) is 4.44. The molecular formula is C15H15BrN2O. The van der Waals surface area contributed by atoms with Crippen molar-refractivity contribution in [3.8, 4) is 5.75 Å². The van der Waals surface area contributed by atoms with Gasteiger partial charge in [0.05, 0.1) is 18.5 Å². The highest BCUT2D eigenvalue weighted by Gasteiger charge is 2.17. The van der Waals surface area contributed by atoms with Crippen molar-refractivity contribution in [2.75, 3.05) is 30.4 Å². The molecule has 0 aliphatic carbocycles. The highest BCUT2D eigenvalue weighted by molar-refractivity contribution is 9.10. The second-order valence-corrected chi connectivity index (χ2v) is 5.35. The fraction of sp³-hybridized carbons (Fsp3) is 0.200. The zero-order chi connectivity index (χ0) is 13.2. The predicted molar refractivity (Wildman–Crippen MR) is 82.6 cm³/mol. The van der Waals surface area contributed by atoms with E-state index < -0.39 is 0 Å². The number of benzene rings is 2. The highest BCUT2D eigenvalue weighted by atomic mass is 79.9. The summed E-state index contributed by atoms with van der Waals surface area (Å²) in [4.78, 5) is 2.32. The third-order valence-corrected chi connectivity index (χ3v) is 3.78. The summed E-state index contributed by atoms with van der Waals surface area (Å²) in [6, 6.07) is 14.5. The number of nitrogens with zero attached hydrogens (tertiary/aromatic N) is 1. The van der Waals surface area contributed by atoms with Crippen LogP contribution in [0.25, 0.3) is 0 Å². The van der Waals surface area contributed by atoms with Gasteiger partial charge in [-0.2, -0.15) is 0 Å². The van der Waals surface area contributed by atoms with E-state index in [2.05, 4.69) is 56.5 Å². The molecule has 0 aromatic heterocycles. The third-order valence-electron chi connectivity index (χ3n) is 3.28. The van der Waals surface area contributed by atoms with Gasteiger partial charge in [-0.05, 0) is 42.5 Å². The first-order chi connectivity index (χ1) is 9.28. The zero-order valence-electron chi connectivity index (χ0n) is 10.7. The van der Waals surface area contributed by atoms with Crippen molar-refractivity contribution in [1.29, 1.82) is 0 Å². The Bertz CT molecular complexity index is 583. The van der Waals surface area contributed by atoms with Crippen molar-refractivity contribution < 1.29 is 4.74 Å². The van der Waals surface area contributed by atoms with Crippen molar-refractivity contribution in [1.82, 2.24) is 0 Å². The van der Waals surface area contributed by atoms with Gasteiger partial charge in [-0.3, -0.25) is 0 Å². The first-order valence-corrected chi connectivity index (χ1v) is 7.02. The SMILES string of the molecule is COc1ccc(N2CCNc3cc(Br)ccc32)cc1. The predicted octanol–water partition coefficient (Wildman–Crippen LogP) is 4.02. The van der Waals surface area contributed by atoms with E-state index in [-0.39, 0.29) is 0 Å². The molecule has 0 spiro atoms. The van der Waals surface area contributed by atoms with E-state index in [1.54, 1.807) is 7.11 Å². The van der Waals surface area contributed by atoms with Crippen LogP contribution in [-0.4, -0.2) is 20.2 Å². The largest absolute Gasteiger partial charge is 0.497 e. The summed E-state index contributed by atoms with van der Waals surface area (Å²) in [5.74, 6) is 0.884. The first kappa shape index (κ1) is 12.4. The van der Waals surface area contributed by atoms with Crippen molar-refractivity contribution >= 4 is 33.0 Å². The second kappa shape index (κ2) is 5.13. The first-order valence-electron chi connectivity index (χ1n) is 6.23. The van der Waals surface area contributed by atoms with Crippen molar-refractivity contribution in [3.63, 3.8) is 0 Å². The van der Waals surface area contributed by atoms with Crippen LogP contribution in [-0.2, 0) is 0 Å².